The minimum Gasteiger partial charge on any atom is -0.490 e. The summed E-state index contributed by atoms with van der Waals surface area (Å²) in [5.41, 5.74) is 0.763. The molecule has 2 aliphatic heterocycles. The van der Waals surface area contributed by atoms with Crippen LogP contribution in [0.3, 0.4) is 0 Å². The van der Waals surface area contributed by atoms with Crippen molar-refractivity contribution in [3.05, 3.63) is 18.2 Å². The first-order chi connectivity index (χ1) is 10.7. The smallest absolute Gasteiger partial charge is 0.238 e. The van der Waals surface area contributed by atoms with Crippen molar-refractivity contribution in [3.8, 4) is 11.5 Å². The number of carbonyl (C=O) groups is 1. The summed E-state index contributed by atoms with van der Waals surface area (Å²) in [7, 11) is 0. The van der Waals surface area contributed by atoms with E-state index in [1.165, 1.54) is 19.3 Å². The average molecular weight is 304 g/mol. The fourth-order valence-corrected chi connectivity index (χ4v) is 3.02. The van der Waals surface area contributed by atoms with Crippen molar-refractivity contribution in [2.75, 3.05) is 31.6 Å². The summed E-state index contributed by atoms with van der Waals surface area (Å²) >= 11 is 0. The number of fused-ring (bicyclic) bond motifs is 1. The maximum atomic E-state index is 12.2. The minimum absolute atomic E-state index is 0.0308. The number of hydrogen-bond donors (Lipinski definition) is 1. The number of hydrogen-bond acceptors (Lipinski definition) is 4. The number of rotatable bonds is 3. The van der Waals surface area contributed by atoms with Crippen molar-refractivity contribution >= 4 is 11.6 Å². The van der Waals surface area contributed by atoms with Crippen LogP contribution in [0.2, 0.25) is 0 Å². The van der Waals surface area contributed by atoms with Gasteiger partial charge in [0.15, 0.2) is 11.5 Å². The van der Waals surface area contributed by atoms with Gasteiger partial charge in [-0.15, -0.1) is 0 Å². The molecule has 1 aromatic carbocycles. The monoisotopic (exact) mass is 304 g/mol. The zero-order valence-electron chi connectivity index (χ0n) is 13.1. The molecule has 2 aliphatic rings. The van der Waals surface area contributed by atoms with Gasteiger partial charge < -0.3 is 14.8 Å². The molecule has 1 N–H and O–H groups in total. The van der Waals surface area contributed by atoms with Crippen molar-refractivity contribution in [2.24, 2.45) is 0 Å². The first-order valence-electron chi connectivity index (χ1n) is 8.16. The van der Waals surface area contributed by atoms with Gasteiger partial charge in [0.25, 0.3) is 0 Å². The summed E-state index contributed by atoms with van der Waals surface area (Å²) in [4.78, 5) is 14.5. The van der Waals surface area contributed by atoms with Gasteiger partial charge in [0.2, 0.25) is 5.91 Å². The highest BCUT2D eigenvalue weighted by Gasteiger charge is 2.20. The number of nitrogens with one attached hydrogen (secondary N) is 1. The van der Waals surface area contributed by atoms with Crippen molar-refractivity contribution < 1.29 is 14.3 Å². The van der Waals surface area contributed by atoms with Gasteiger partial charge >= 0.3 is 0 Å². The molecule has 3 rings (SSSR count). The second-order valence-corrected chi connectivity index (χ2v) is 6.08. The van der Waals surface area contributed by atoms with Crippen LogP contribution in [0.1, 0.15) is 32.6 Å². The van der Waals surface area contributed by atoms with Gasteiger partial charge in [-0.2, -0.15) is 0 Å². The lowest BCUT2D eigenvalue weighted by molar-refractivity contribution is -0.118. The molecule has 1 atom stereocenters. The van der Waals surface area contributed by atoms with Crippen LogP contribution in [0.4, 0.5) is 5.69 Å². The van der Waals surface area contributed by atoms with Gasteiger partial charge in [-0.25, -0.2) is 0 Å². The first kappa shape index (κ1) is 15.2. The highest BCUT2D eigenvalue weighted by Crippen LogP contribution is 2.32. The van der Waals surface area contributed by atoms with Crippen LogP contribution in [0.15, 0.2) is 18.2 Å². The van der Waals surface area contributed by atoms with Crippen LogP contribution in [-0.2, 0) is 4.79 Å². The van der Waals surface area contributed by atoms with E-state index in [9.17, 15) is 4.79 Å². The van der Waals surface area contributed by atoms with Crippen molar-refractivity contribution in [3.63, 3.8) is 0 Å². The highest BCUT2D eigenvalue weighted by atomic mass is 16.5. The molecule has 1 aromatic rings. The van der Waals surface area contributed by atoms with Gasteiger partial charge in [-0.3, -0.25) is 9.69 Å². The van der Waals surface area contributed by atoms with E-state index in [0.29, 0.717) is 31.5 Å². The topological polar surface area (TPSA) is 50.8 Å². The second-order valence-electron chi connectivity index (χ2n) is 6.08. The predicted octanol–water partition coefficient (Wildman–Crippen LogP) is 2.66. The highest BCUT2D eigenvalue weighted by molar-refractivity contribution is 5.92. The zero-order valence-corrected chi connectivity index (χ0v) is 13.1. The Bertz CT molecular complexity index is 533. The van der Waals surface area contributed by atoms with E-state index in [1.54, 1.807) is 0 Å². The Hall–Kier alpha value is -1.75. The maximum absolute atomic E-state index is 12.2. The van der Waals surface area contributed by atoms with Crippen LogP contribution in [0, 0.1) is 0 Å². The zero-order chi connectivity index (χ0) is 15.4. The fourth-order valence-electron chi connectivity index (χ4n) is 3.02. The quantitative estimate of drug-likeness (QED) is 0.933. The summed E-state index contributed by atoms with van der Waals surface area (Å²) in [6, 6.07) is 6.06. The molecule has 0 radical (unpaired) electrons. The number of piperidine rings is 1. The molecule has 1 fully saturated rings. The molecule has 1 saturated heterocycles. The molecule has 120 valence electrons. The Morgan fingerprint density at radius 2 is 2.05 bits per heavy atom. The molecule has 0 spiro atoms. The van der Waals surface area contributed by atoms with Gasteiger partial charge in [-0.1, -0.05) is 6.42 Å². The van der Waals surface area contributed by atoms with E-state index < -0.39 is 0 Å². The van der Waals surface area contributed by atoms with Crippen LogP contribution >= 0.6 is 0 Å². The number of nitrogens with zero attached hydrogens (tertiary/aromatic N) is 1. The molecule has 1 unspecified atom stereocenters. The molecule has 2 heterocycles. The van der Waals surface area contributed by atoms with E-state index in [1.807, 2.05) is 18.2 Å². The fraction of sp³-hybridized carbons (Fsp3) is 0.588. The van der Waals surface area contributed by atoms with E-state index in [2.05, 4.69) is 17.1 Å². The summed E-state index contributed by atoms with van der Waals surface area (Å²) in [5, 5.41) is 2.96. The van der Waals surface area contributed by atoms with Crippen LogP contribution in [0.5, 0.6) is 11.5 Å². The van der Waals surface area contributed by atoms with E-state index in [-0.39, 0.29) is 5.91 Å². The Kier molecular flexibility index (Phi) is 4.83. The Labute approximate surface area is 131 Å². The summed E-state index contributed by atoms with van der Waals surface area (Å²) in [5.74, 6) is 1.49. The molecule has 1 amide bonds. The second kappa shape index (κ2) is 7.01. The third kappa shape index (κ3) is 3.71. The molecule has 5 nitrogen and oxygen atoms in total. The summed E-state index contributed by atoms with van der Waals surface area (Å²) in [6.45, 7) is 4.98. The number of benzene rings is 1. The van der Waals surface area contributed by atoms with Crippen molar-refractivity contribution in [1.29, 1.82) is 0 Å². The molecule has 0 bridgehead atoms. The lowest BCUT2D eigenvalue weighted by Gasteiger charge is -2.32. The number of carbonyl (C=O) groups excluding carboxylic acids is 1. The standard InChI is InChI=1S/C17H24N2O3/c1-13-5-2-3-8-19(13)12-17(20)18-14-6-7-15-16(11-14)22-10-4-9-21-15/h6-7,11,13H,2-5,8-10,12H2,1H3,(H,18,20). The Balaban J connectivity index is 1.60. The van der Waals surface area contributed by atoms with Gasteiger partial charge in [0.05, 0.1) is 19.8 Å². The summed E-state index contributed by atoms with van der Waals surface area (Å²) < 4.78 is 11.2. The molecule has 0 saturated carbocycles. The van der Waals surface area contributed by atoms with Crippen LogP contribution < -0.4 is 14.8 Å². The molecule has 5 heteroatoms. The molecular weight excluding hydrogens is 280 g/mol. The number of amides is 1. The number of likely N-dealkylation sites (tertiary alicyclic amines) is 1. The molecular formula is C17H24N2O3. The first-order valence-corrected chi connectivity index (χ1v) is 8.16. The lowest BCUT2D eigenvalue weighted by Crippen LogP contribution is -2.42. The van der Waals surface area contributed by atoms with Crippen molar-refractivity contribution in [1.82, 2.24) is 4.90 Å². The van der Waals surface area contributed by atoms with Crippen LogP contribution in [-0.4, -0.2) is 43.2 Å². The average Bonchev–Trinajstić information content (AvgIpc) is 2.74. The van der Waals surface area contributed by atoms with Gasteiger partial charge in [0, 0.05) is 24.2 Å². The third-order valence-corrected chi connectivity index (χ3v) is 4.32. The van der Waals surface area contributed by atoms with Crippen molar-refractivity contribution in [2.45, 2.75) is 38.6 Å². The largest absolute Gasteiger partial charge is 0.490 e. The SMILES string of the molecule is CC1CCCCN1CC(=O)Nc1ccc2c(c1)OCCCO2. The number of anilines is 1. The van der Waals surface area contributed by atoms with E-state index in [4.69, 9.17) is 9.47 Å². The minimum atomic E-state index is 0.0308. The maximum Gasteiger partial charge on any atom is 0.238 e. The Morgan fingerprint density at radius 3 is 2.86 bits per heavy atom. The Morgan fingerprint density at radius 1 is 1.23 bits per heavy atom. The summed E-state index contributed by atoms with van der Waals surface area (Å²) in [6.07, 6.45) is 4.50. The van der Waals surface area contributed by atoms with Gasteiger partial charge in [-0.05, 0) is 38.4 Å². The predicted molar refractivity (Wildman–Crippen MR) is 85.6 cm³/mol. The number of ether oxygens (including phenoxy) is 2. The molecule has 0 aliphatic carbocycles. The van der Waals surface area contributed by atoms with Crippen LogP contribution in [0.25, 0.3) is 0 Å². The molecule has 22 heavy (non-hydrogen) atoms. The lowest BCUT2D eigenvalue weighted by atomic mass is 10.0. The molecule has 0 aromatic heterocycles. The van der Waals surface area contributed by atoms with E-state index in [0.717, 1.165) is 24.4 Å². The van der Waals surface area contributed by atoms with E-state index >= 15 is 0 Å². The normalized spacial score (nSPS) is 22.0. The third-order valence-electron chi connectivity index (χ3n) is 4.32. The van der Waals surface area contributed by atoms with Gasteiger partial charge in [0.1, 0.15) is 0 Å².